The number of hydrogen-bond acceptors (Lipinski definition) is 3. The van der Waals surface area contributed by atoms with Gasteiger partial charge in [-0.3, -0.25) is 0 Å². The molecule has 1 aromatic rings. The molecule has 2 atom stereocenters. The van der Waals surface area contributed by atoms with Gasteiger partial charge in [-0.15, -0.1) is 6.58 Å². The minimum atomic E-state index is -0.390. The van der Waals surface area contributed by atoms with E-state index in [2.05, 4.69) is 11.9 Å². The molecule has 0 radical (unpaired) electrons. The summed E-state index contributed by atoms with van der Waals surface area (Å²) in [7, 11) is 0. The fourth-order valence-corrected chi connectivity index (χ4v) is 2.12. The minimum absolute atomic E-state index is 0.0365. The Balaban J connectivity index is 1.69. The summed E-state index contributed by atoms with van der Waals surface area (Å²) in [5.41, 5.74) is 0.978. The predicted octanol–water partition coefficient (Wildman–Crippen LogP) is 2.50. The van der Waals surface area contributed by atoms with Gasteiger partial charge >= 0.3 is 6.09 Å². The molecule has 1 aromatic carbocycles. The fraction of sp³-hybridized carbons (Fsp3) is 0.400. The average Bonchev–Trinajstić information content (AvgIpc) is 2.91. The Morgan fingerprint density at radius 1 is 1.47 bits per heavy atom. The van der Waals surface area contributed by atoms with E-state index < -0.39 is 6.09 Å². The van der Waals surface area contributed by atoms with Crippen molar-refractivity contribution in [1.29, 1.82) is 0 Å². The molecular formula is C15H19NO3. The number of carbonyl (C=O) groups is 1. The van der Waals surface area contributed by atoms with Gasteiger partial charge in [0.1, 0.15) is 6.61 Å². The van der Waals surface area contributed by atoms with Crippen LogP contribution in [0.5, 0.6) is 0 Å². The van der Waals surface area contributed by atoms with Gasteiger partial charge in [-0.25, -0.2) is 4.79 Å². The number of nitrogens with one attached hydrogen (secondary N) is 1. The van der Waals surface area contributed by atoms with E-state index in [0.29, 0.717) is 19.1 Å². The third-order valence-electron chi connectivity index (χ3n) is 3.22. The highest BCUT2D eigenvalue weighted by Crippen LogP contribution is 2.20. The van der Waals surface area contributed by atoms with E-state index in [0.717, 1.165) is 18.6 Å². The molecule has 1 saturated heterocycles. The summed E-state index contributed by atoms with van der Waals surface area (Å²) in [4.78, 5) is 11.6. The Kier molecular flexibility index (Phi) is 4.98. The summed E-state index contributed by atoms with van der Waals surface area (Å²) >= 11 is 0. The van der Waals surface area contributed by atoms with Crippen LogP contribution in [0.25, 0.3) is 0 Å². The Hall–Kier alpha value is -1.81. The van der Waals surface area contributed by atoms with Crippen LogP contribution >= 0.6 is 0 Å². The monoisotopic (exact) mass is 261 g/mol. The standard InChI is InChI=1S/C15H19NO3/c1-2-14-13(8-9-18-14)10-16-15(17)19-11-12-6-4-3-5-7-12/h2-7,13-14H,1,8-11H2,(H,16,17)/t13-,14-/m0/s1. The first-order valence-corrected chi connectivity index (χ1v) is 6.48. The maximum atomic E-state index is 11.6. The number of rotatable bonds is 5. The number of benzene rings is 1. The van der Waals surface area contributed by atoms with E-state index in [-0.39, 0.29) is 6.10 Å². The molecule has 0 saturated carbocycles. The van der Waals surface area contributed by atoms with Crippen LogP contribution in [0.1, 0.15) is 12.0 Å². The summed E-state index contributed by atoms with van der Waals surface area (Å²) in [6.45, 7) is 5.30. The first-order valence-electron chi connectivity index (χ1n) is 6.48. The molecule has 1 aliphatic heterocycles. The summed E-state index contributed by atoms with van der Waals surface area (Å²) in [6, 6.07) is 9.61. The number of carbonyl (C=O) groups excluding carboxylic acids is 1. The number of hydrogen-bond donors (Lipinski definition) is 1. The number of ether oxygens (including phenoxy) is 2. The smallest absolute Gasteiger partial charge is 0.407 e. The van der Waals surface area contributed by atoms with Crippen LogP contribution in [0.4, 0.5) is 4.79 Å². The zero-order chi connectivity index (χ0) is 13.5. The number of alkyl carbamates (subject to hydrolysis) is 1. The van der Waals surface area contributed by atoms with Gasteiger partial charge in [0.05, 0.1) is 6.10 Å². The molecule has 1 heterocycles. The van der Waals surface area contributed by atoms with Gasteiger partial charge in [-0.2, -0.15) is 0 Å². The molecule has 0 aliphatic carbocycles. The largest absolute Gasteiger partial charge is 0.445 e. The van der Waals surface area contributed by atoms with E-state index >= 15 is 0 Å². The zero-order valence-electron chi connectivity index (χ0n) is 10.9. The Morgan fingerprint density at radius 3 is 3.00 bits per heavy atom. The lowest BCUT2D eigenvalue weighted by Gasteiger charge is -2.15. The van der Waals surface area contributed by atoms with Gasteiger partial charge in [0.15, 0.2) is 0 Å². The van der Waals surface area contributed by atoms with Crippen LogP contribution in [0.3, 0.4) is 0 Å². The van der Waals surface area contributed by atoms with E-state index in [1.54, 1.807) is 6.08 Å². The average molecular weight is 261 g/mol. The van der Waals surface area contributed by atoms with Crippen molar-refractivity contribution in [1.82, 2.24) is 5.32 Å². The van der Waals surface area contributed by atoms with Crippen molar-refractivity contribution in [2.75, 3.05) is 13.2 Å². The van der Waals surface area contributed by atoms with Crippen molar-refractivity contribution in [3.05, 3.63) is 48.6 Å². The van der Waals surface area contributed by atoms with Crippen LogP contribution < -0.4 is 5.32 Å². The Morgan fingerprint density at radius 2 is 2.26 bits per heavy atom. The summed E-state index contributed by atoms with van der Waals surface area (Å²) < 4.78 is 10.6. The molecule has 0 unspecified atom stereocenters. The summed E-state index contributed by atoms with van der Waals surface area (Å²) in [5, 5.41) is 2.77. The zero-order valence-corrected chi connectivity index (χ0v) is 10.9. The molecule has 102 valence electrons. The predicted molar refractivity (Wildman–Crippen MR) is 72.7 cm³/mol. The van der Waals surface area contributed by atoms with Crippen LogP contribution in [0.2, 0.25) is 0 Å². The molecule has 1 aliphatic rings. The highest BCUT2D eigenvalue weighted by atomic mass is 16.5. The maximum absolute atomic E-state index is 11.6. The maximum Gasteiger partial charge on any atom is 0.407 e. The Bertz CT molecular complexity index is 419. The molecule has 4 nitrogen and oxygen atoms in total. The van der Waals surface area contributed by atoms with Gasteiger partial charge in [0.25, 0.3) is 0 Å². The van der Waals surface area contributed by atoms with Crippen molar-refractivity contribution in [2.24, 2.45) is 5.92 Å². The SMILES string of the molecule is C=C[C@@H]1OCC[C@H]1CNC(=O)OCc1ccccc1. The van der Waals surface area contributed by atoms with Crippen molar-refractivity contribution in [3.8, 4) is 0 Å². The van der Waals surface area contributed by atoms with E-state index in [4.69, 9.17) is 9.47 Å². The quantitative estimate of drug-likeness (QED) is 0.828. The molecular weight excluding hydrogens is 242 g/mol. The van der Waals surface area contributed by atoms with Gasteiger partial charge < -0.3 is 14.8 Å². The topological polar surface area (TPSA) is 47.6 Å². The van der Waals surface area contributed by atoms with Gasteiger partial charge in [0.2, 0.25) is 0 Å². The second kappa shape index (κ2) is 6.95. The lowest BCUT2D eigenvalue weighted by Crippen LogP contribution is -2.32. The molecule has 0 spiro atoms. The molecule has 1 amide bonds. The van der Waals surface area contributed by atoms with Gasteiger partial charge in [0, 0.05) is 19.1 Å². The lowest BCUT2D eigenvalue weighted by atomic mass is 10.0. The van der Waals surface area contributed by atoms with Crippen LogP contribution in [-0.2, 0) is 16.1 Å². The first kappa shape index (κ1) is 13.6. The molecule has 19 heavy (non-hydrogen) atoms. The van der Waals surface area contributed by atoms with Crippen molar-refractivity contribution < 1.29 is 14.3 Å². The summed E-state index contributed by atoms with van der Waals surface area (Å²) in [6.07, 6.45) is 2.37. The third-order valence-corrected chi connectivity index (χ3v) is 3.22. The molecule has 1 fully saturated rings. The molecule has 2 rings (SSSR count). The third kappa shape index (κ3) is 4.10. The number of amides is 1. The fourth-order valence-electron chi connectivity index (χ4n) is 2.12. The highest BCUT2D eigenvalue weighted by Gasteiger charge is 2.25. The molecule has 4 heteroatoms. The van der Waals surface area contributed by atoms with E-state index in [9.17, 15) is 4.79 Å². The Labute approximate surface area is 113 Å². The van der Waals surface area contributed by atoms with E-state index in [1.807, 2.05) is 30.3 Å². The van der Waals surface area contributed by atoms with E-state index in [1.165, 1.54) is 0 Å². The summed E-state index contributed by atoms with van der Waals surface area (Å²) in [5.74, 6) is 0.293. The normalized spacial score (nSPS) is 21.9. The van der Waals surface area contributed by atoms with Crippen LogP contribution in [0, 0.1) is 5.92 Å². The van der Waals surface area contributed by atoms with Gasteiger partial charge in [-0.05, 0) is 12.0 Å². The van der Waals surface area contributed by atoms with Crippen LogP contribution in [0.15, 0.2) is 43.0 Å². The first-order chi connectivity index (χ1) is 9.29. The second-order valence-electron chi connectivity index (χ2n) is 4.56. The van der Waals surface area contributed by atoms with Crippen LogP contribution in [-0.4, -0.2) is 25.3 Å². The second-order valence-corrected chi connectivity index (χ2v) is 4.56. The van der Waals surface area contributed by atoms with Gasteiger partial charge in [-0.1, -0.05) is 36.4 Å². The molecule has 0 aromatic heterocycles. The molecule has 1 N–H and O–H groups in total. The molecule has 0 bridgehead atoms. The van der Waals surface area contributed by atoms with Crippen molar-refractivity contribution in [3.63, 3.8) is 0 Å². The lowest BCUT2D eigenvalue weighted by molar-refractivity contribution is 0.121. The van der Waals surface area contributed by atoms with Crippen molar-refractivity contribution in [2.45, 2.75) is 19.1 Å². The highest BCUT2D eigenvalue weighted by molar-refractivity contribution is 5.67. The minimum Gasteiger partial charge on any atom is -0.445 e. The van der Waals surface area contributed by atoms with Crippen molar-refractivity contribution >= 4 is 6.09 Å².